The molecule has 22 heavy (non-hydrogen) atoms. The molecule has 1 fully saturated rings. The number of ether oxygens (including phenoxy) is 2. The number of hydrogen-bond donors (Lipinski definition) is 1. The Morgan fingerprint density at radius 2 is 1.95 bits per heavy atom. The molecule has 2 rings (SSSR count). The number of nitrogens with one attached hydrogen (secondary N) is 1. The van der Waals surface area contributed by atoms with E-state index >= 15 is 0 Å². The summed E-state index contributed by atoms with van der Waals surface area (Å²) in [7, 11) is 2.85. The summed E-state index contributed by atoms with van der Waals surface area (Å²) in [6.45, 7) is 1.12. The largest absolute Gasteiger partial charge is 0.496 e. The fraction of sp³-hybridized carbons (Fsp3) is 0.467. The number of alkyl carbamates (subject to hydrolysis) is 1. The number of amides is 2. The number of piperidine rings is 1. The zero-order chi connectivity index (χ0) is 16.1. The molecule has 1 N–H and O–H groups in total. The molecule has 0 radical (unpaired) electrons. The zero-order valence-electron chi connectivity index (χ0n) is 12.6. The van der Waals surface area contributed by atoms with Crippen LogP contribution in [0.2, 0.25) is 5.02 Å². The molecule has 1 aromatic carbocycles. The Hall–Kier alpha value is -1.95. The Morgan fingerprint density at radius 1 is 1.27 bits per heavy atom. The Morgan fingerprint density at radius 3 is 2.55 bits per heavy atom. The van der Waals surface area contributed by atoms with Gasteiger partial charge in [0.25, 0.3) is 5.91 Å². The van der Waals surface area contributed by atoms with E-state index in [9.17, 15) is 9.59 Å². The highest BCUT2D eigenvalue weighted by molar-refractivity contribution is 6.31. The predicted octanol–water partition coefficient (Wildman–Crippen LogP) is 2.31. The van der Waals surface area contributed by atoms with Crippen LogP contribution in [0, 0.1) is 0 Å². The lowest BCUT2D eigenvalue weighted by atomic mass is 10.0. The number of carbonyl (C=O) groups is 2. The first-order chi connectivity index (χ1) is 10.5. The molecule has 0 bridgehead atoms. The van der Waals surface area contributed by atoms with Crippen LogP contribution in [0.1, 0.15) is 23.2 Å². The molecule has 120 valence electrons. The smallest absolute Gasteiger partial charge is 0.407 e. The summed E-state index contributed by atoms with van der Waals surface area (Å²) in [4.78, 5) is 25.5. The van der Waals surface area contributed by atoms with Crippen molar-refractivity contribution in [3.63, 3.8) is 0 Å². The van der Waals surface area contributed by atoms with Crippen LogP contribution in [-0.4, -0.2) is 50.3 Å². The van der Waals surface area contributed by atoms with Crippen LogP contribution in [0.25, 0.3) is 0 Å². The van der Waals surface area contributed by atoms with Crippen LogP contribution in [0.3, 0.4) is 0 Å². The van der Waals surface area contributed by atoms with Crippen LogP contribution < -0.4 is 10.1 Å². The van der Waals surface area contributed by atoms with Crippen LogP contribution >= 0.6 is 11.6 Å². The molecular formula is C15H19ClN2O4. The van der Waals surface area contributed by atoms with Gasteiger partial charge in [0, 0.05) is 24.2 Å². The quantitative estimate of drug-likeness (QED) is 0.925. The lowest BCUT2D eigenvalue weighted by molar-refractivity contribution is 0.0701. The maximum atomic E-state index is 12.6. The van der Waals surface area contributed by atoms with Gasteiger partial charge >= 0.3 is 6.09 Å². The van der Waals surface area contributed by atoms with Gasteiger partial charge in [-0.2, -0.15) is 0 Å². The van der Waals surface area contributed by atoms with Crippen LogP contribution in [0.5, 0.6) is 5.75 Å². The van der Waals surface area contributed by atoms with Crippen molar-refractivity contribution in [3.05, 3.63) is 28.8 Å². The highest BCUT2D eigenvalue weighted by Gasteiger charge is 2.26. The first-order valence-corrected chi connectivity index (χ1v) is 7.40. The molecule has 0 aromatic heterocycles. The molecule has 1 heterocycles. The number of nitrogens with zero attached hydrogens (tertiary/aromatic N) is 1. The summed E-state index contributed by atoms with van der Waals surface area (Å²) < 4.78 is 9.80. The first kappa shape index (κ1) is 16.4. The molecule has 6 nitrogen and oxygen atoms in total. The van der Waals surface area contributed by atoms with Crippen LogP contribution in [-0.2, 0) is 4.74 Å². The Labute approximate surface area is 134 Å². The minimum absolute atomic E-state index is 0.0257. The zero-order valence-corrected chi connectivity index (χ0v) is 13.4. The van der Waals surface area contributed by atoms with Gasteiger partial charge in [-0.1, -0.05) is 11.6 Å². The molecule has 1 aliphatic rings. The van der Waals surface area contributed by atoms with Crippen molar-refractivity contribution in [1.82, 2.24) is 10.2 Å². The van der Waals surface area contributed by atoms with E-state index in [1.165, 1.54) is 14.2 Å². The Kier molecular flexibility index (Phi) is 5.49. The third-order valence-electron chi connectivity index (χ3n) is 3.68. The van der Waals surface area contributed by atoms with Crippen molar-refractivity contribution in [2.24, 2.45) is 0 Å². The van der Waals surface area contributed by atoms with E-state index < -0.39 is 6.09 Å². The van der Waals surface area contributed by atoms with E-state index in [0.29, 0.717) is 42.3 Å². The van der Waals surface area contributed by atoms with Crippen molar-refractivity contribution < 1.29 is 19.1 Å². The highest BCUT2D eigenvalue weighted by Crippen LogP contribution is 2.25. The lowest BCUT2D eigenvalue weighted by Crippen LogP contribution is -2.46. The van der Waals surface area contributed by atoms with Gasteiger partial charge in [-0.3, -0.25) is 4.79 Å². The average molecular weight is 327 g/mol. The summed E-state index contributed by atoms with van der Waals surface area (Å²) in [6.07, 6.45) is 0.925. The van der Waals surface area contributed by atoms with Gasteiger partial charge in [0.15, 0.2) is 0 Å². The fourth-order valence-corrected chi connectivity index (χ4v) is 2.64. The van der Waals surface area contributed by atoms with E-state index in [-0.39, 0.29) is 11.9 Å². The van der Waals surface area contributed by atoms with Gasteiger partial charge in [-0.15, -0.1) is 0 Å². The molecule has 2 amide bonds. The van der Waals surface area contributed by atoms with Crippen molar-refractivity contribution in [2.45, 2.75) is 18.9 Å². The lowest BCUT2D eigenvalue weighted by Gasteiger charge is -2.32. The maximum absolute atomic E-state index is 12.6. The number of benzene rings is 1. The molecule has 0 spiro atoms. The Balaban J connectivity index is 2.01. The number of likely N-dealkylation sites (tertiary alicyclic amines) is 1. The molecule has 1 aromatic rings. The van der Waals surface area contributed by atoms with Gasteiger partial charge in [0.1, 0.15) is 5.75 Å². The number of rotatable bonds is 3. The standard InChI is InChI=1S/C15H19ClN2O4/c1-21-13-4-3-10(16)9-12(13)14(19)18-7-5-11(6-8-18)17-15(20)22-2/h3-4,9,11H,5-8H2,1-2H3,(H,17,20). The summed E-state index contributed by atoms with van der Waals surface area (Å²) in [6, 6.07) is 5.00. The van der Waals surface area contributed by atoms with Crippen molar-refractivity contribution in [3.8, 4) is 5.75 Å². The third kappa shape index (κ3) is 3.82. The number of hydrogen-bond acceptors (Lipinski definition) is 4. The molecule has 0 atom stereocenters. The average Bonchev–Trinajstić information content (AvgIpc) is 2.54. The summed E-state index contributed by atoms with van der Waals surface area (Å²) in [5.41, 5.74) is 0.453. The minimum atomic E-state index is -0.443. The van der Waals surface area contributed by atoms with Crippen molar-refractivity contribution >= 4 is 23.6 Å². The molecule has 1 aliphatic heterocycles. The summed E-state index contributed by atoms with van der Waals surface area (Å²) >= 11 is 5.97. The second-order valence-corrected chi connectivity index (χ2v) is 5.48. The van der Waals surface area contributed by atoms with Gasteiger partial charge in [-0.05, 0) is 31.0 Å². The van der Waals surface area contributed by atoms with E-state index in [4.69, 9.17) is 16.3 Å². The number of carbonyl (C=O) groups excluding carboxylic acids is 2. The van der Waals surface area contributed by atoms with E-state index in [2.05, 4.69) is 10.1 Å². The Bertz CT molecular complexity index is 556. The topological polar surface area (TPSA) is 67.9 Å². The molecule has 0 aliphatic carbocycles. The van der Waals surface area contributed by atoms with E-state index in [1.807, 2.05) is 0 Å². The second kappa shape index (κ2) is 7.35. The third-order valence-corrected chi connectivity index (χ3v) is 3.92. The molecular weight excluding hydrogens is 308 g/mol. The number of halogens is 1. The predicted molar refractivity (Wildman–Crippen MR) is 82.5 cm³/mol. The minimum Gasteiger partial charge on any atom is -0.496 e. The van der Waals surface area contributed by atoms with Gasteiger partial charge in [0.05, 0.1) is 19.8 Å². The van der Waals surface area contributed by atoms with Crippen LogP contribution in [0.4, 0.5) is 4.79 Å². The fourth-order valence-electron chi connectivity index (χ4n) is 2.47. The number of methoxy groups -OCH3 is 2. The van der Waals surface area contributed by atoms with Gasteiger partial charge < -0.3 is 19.7 Å². The molecule has 7 heteroatoms. The van der Waals surface area contributed by atoms with Gasteiger partial charge in [-0.25, -0.2) is 4.79 Å². The highest BCUT2D eigenvalue weighted by atomic mass is 35.5. The molecule has 0 saturated carbocycles. The normalized spacial score (nSPS) is 15.3. The molecule has 1 saturated heterocycles. The van der Waals surface area contributed by atoms with Crippen molar-refractivity contribution in [2.75, 3.05) is 27.3 Å². The van der Waals surface area contributed by atoms with Crippen molar-refractivity contribution in [1.29, 1.82) is 0 Å². The van der Waals surface area contributed by atoms with Gasteiger partial charge in [0.2, 0.25) is 0 Å². The monoisotopic (exact) mass is 326 g/mol. The maximum Gasteiger partial charge on any atom is 0.407 e. The summed E-state index contributed by atoms with van der Waals surface area (Å²) in [5, 5.41) is 3.25. The SMILES string of the molecule is COC(=O)NC1CCN(C(=O)c2cc(Cl)ccc2OC)CC1. The summed E-state index contributed by atoms with van der Waals surface area (Å²) in [5.74, 6) is 0.389. The van der Waals surface area contributed by atoms with E-state index in [1.54, 1.807) is 23.1 Å². The molecule has 0 unspecified atom stereocenters. The van der Waals surface area contributed by atoms with Crippen LogP contribution in [0.15, 0.2) is 18.2 Å². The second-order valence-electron chi connectivity index (χ2n) is 5.05. The first-order valence-electron chi connectivity index (χ1n) is 7.02. The van der Waals surface area contributed by atoms with E-state index in [0.717, 1.165) is 0 Å².